The van der Waals surface area contributed by atoms with Gasteiger partial charge in [-0.2, -0.15) is 5.10 Å². The molecule has 158 valence electrons. The van der Waals surface area contributed by atoms with E-state index in [2.05, 4.69) is 15.4 Å². The first-order valence-corrected chi connectivity index (χ1v) is 11.3. The van der Waals surface area contributed by atoms with Gasteiger partial charge in [-0.3, -0.25) is 9.78 Å². The summed E-state index contributed by atoms with van der Waals surface area (Å²) in [6.45, 7) is 3.74. The van der Waals surface area contributed by atoms with Crippen LogP contribution in [0.2, 0.25) is 14.4 Å². The van der Waals surface area contributed by atoms with E-state index in [1.165, 1.54) is 11.3 Å². The van der Waals surface area contributed by atoms with Crippen LogP contribution < -0.4 is 5.32 Å². The molecule has 4 rings (SSSR count). The Morgan fingerprint density at radius 3 is 2.58 bits per heavy atom. The van der Waals surface area contributed by atoms with Crippen LogP contribution in [0, 0.1) is 6.92 Å². The molecule has 0 aliphatic heterocycles. The second-order valence-electron chi connectivity index (χ2n) is 6.88. The van der Waals surface area contributed by atoms with E-state index < -0.39 is 0 Å². The topological polar surface area (TPSA) is 59.8 Å². The SMILES string of the molecule is Cc1c(C(=O)NC(C)c2ccccn2)nn(-c2ccc(Cl)cc2Cl)c1-c1ccc(Cl)s1. The highest BCUT2D eigenvalue weighted by Gasteiger charge is 2.25. The van der Waals surface area contributed by atoms with E-state index in [0.29, 0.717) is 25.8 Å². The van der Waals surface area contributed by atoms with Crippen molar-refractivity contribution in [3.63, 3.8) is 0 Å². The second kappa shape index (κ2) is 9.01. The zero-order valence-electron chi connectivity index (χ0n) is 16.6. The molecule has 3 aromatic heterocycles. The van der Waals surface area contributed by atoms with Crippen molar-refractivity contribution < 1.29 is 4.79 Å². The van der Waals surface area contributed by atoms with Crippen LogP contribution >= 0.6 is 46.1 Å². The molecule has 1 atom stereocenters. The van der Waals surface area contributed by atoms with Crippen molar-refractivity contribution in [1.29, 1.82) is 0 Å². The molecule has 1 amide bonds. The third-order valence-electron chi connectivity index (χ3n) is 4.76. The highest BCUT2D eigenvalue weighted by Crippen LogP contribution is 2.37. The van der Waals surface area contributed by atoms with E-state index in [4.69, 9.17) is 34.8 Å². The molecule has 31 heavy (non-hydrogen) atoms. The smallest absolute Gasteiger partial charge is 0.272 e. The summed E-state index contributed by atoms with van der Waals surface area (Å²) >= 11 is 20.1. The summed E-state index contributed by atoms with van der Waals surface area (Å²) in [6.07, 6.45) is 1.69. The Morgan fingerprint density at radius 1 is 1.13 bits per heavy atom. The van der Waals surface area contributed by atoms with Gasteiger partial charge in [0.05, 0.1) is 37.4 Å². The summed E-state index contributed by atoms with van der Waals surface area (Å²) in [7, 11) is 0. The van der Waals surface area contributed by atoms with E-state index in [9.17, 15) is 4.79 Å². The molecule has 0 aliphatic carbocycles. The maximum absolute atomic E-state index is 13.1. The Bertz CT molecular complexity index is 1250. The second-order valence-corrected chi connectivity index (χ2v) is 9.44. The van der Waals surface area contributed by atoms with E-state index in [0.717, 1.165) is 21.8 Å². The predicted octanol–water partition coefficient (Wildman–Crippen LogP) is 6.76. The summed E-state index contributed by atoms with van der Waals surface area (Å²) < 4.78 is 2.30. The summed E-state index contributed by atoms with van der Waals surface area (Å²) in [5.41, 5.74) is 3.14. The van der Waals surface area contributed by atoms with Crippen molar-refractivity contribution >= 4 is 52.0 Å². The lowest BCUT2D eigenvalue weighted by atomic mass is 10.1. The fraction of sp³-hybridized carbons (Fsp3) is 0.136. The minimum Gasteiger partial charge on any atom is -0.343 e. The standard InChI is InChI=1S/C22H17Cl3N4OS/c1-12-20(22(30)27-13(2)16-5-3-4-10-26-16)28-29(17-7-6-14(23)11-15(17)24)21(12)18-8-9-19(25)31-18/h3-11,13H,1-2H3,(H,27,30). The van der Waals surface area contributed by atoms with Crippen molar-refractivity contribution in [2.75, 3.05) is 0 Å². The van der Waals surface area contributed by atoms with Gasteiger partial charge in [0, 0.05) is 16.8 Å². The van der Waals surface area contributed by atoms with Crippen LogP contribution in [0.4, 0.5) is 0 Å². The molecule has 1 N–H and O–H groups in total. The third kappa shape index (κ3) is 4.48. The van der Waals surface area contributed by atoms with Gasteiger partial charge in [0.25, 0.3) is 5.91 Å². The van der Waals surface area contributed by atoms with E-state index in [1.807, 2.05) is 44.2 Å². The van der Waals surface area contributed by atoms with Gasteiger partial charge >= 0.3 is 0 Å². The van der Waals surface area contributed by atoms with Crippen molar-refractivity contribution in [3.8, 4) is 16.3 Å². The van der Waals surface area contributed by atoms with Crippen LogP contribution in [0.25, 0.3) is 16.3 Å². The molecular formula is C22H17Cl3N4OS. The number of pyridine rings is 1. The number of carbonyl (C=O) groups is 1. The average Bonchev–Trinajstić information content (AvgIpc) is 3.31. The maximum Gasteiger partial charge on any atom is 0.272 e. The van der Waals surface area contributed by atoms with Gasteiger partial charge < -0.3 is 5.32 Å². The van der Waals surface area contributed by atoms with Crippen LogP contribution in [-0.4, -0.2) is 20.7 Å². The zero-order chi connectivity index (χ0) is 22.1. The molecule has 4 aromatic rings. The number of nitrogens with one attached hydrogen (secondary N) is 1. The summed E-state index contributed by atoms with van der Waals surface area (Å²) in [5.74, 6) is -0.302. The van der Waals surface area contributed by atoms with Gasteiger partial charge in [0.2, 0.25) is 0 Å². The normalized spacial score (nSPS) is 12.0. The van der Waals surface area contributed by atoms with Crippen LogP contribution in [0.3, 0.4) is 0 Å². The van der Waals surface area contributed by atoms with Gasteiger partial charge in [-0.25, -0.2) is 4.68 Å². The number of rotatable bonds is 5. The molecule has 0 bridgehead atoms. The zero-order valence-corrected chi connectivity index (χ0v) is 19.6. The number of aromatic nitrogens is 3. The molecule has 0 saturated heterocycles. The van der Waals surface area contributed by atoms with E-state index in [-0.39, 0.29) is 11.9 Å². The Hall–Kier alpha value is -2.38. The molecule has 3 heterocycles. The number of nitrogens with zero attached hydrogens (tertiary/aromatic N) is 3. The fourth-order valence-corrected chi connectivity index (χ4v) is 4.86. The molecule has 0 aliphatic rings. The molecule has 1 aromatic carbocycles. The quantitative estimate of drug-likeness (QED) is 0.336. The highest BCUT2D eigenvalue weighted by atomic mass is 35.5. The Balaban J connectivity index is 1.79. The predicted molar refractivity (Wildman–Crippen MR) is 127 cm³/mol. The average molecular weight is 492 g/mol. The molecule has 9 heteroatoms. The lowest BCUT2D eigenvalue weighted by Crippen LogP contribution is -2.28. The maximum atomic E-state index is 13.1. The van der Waals surface area contributed by atoms with Gasteiger partial charge in [0.1, 0.15) is 0 Å². The summed E-state index contributed by atoms with van der Waals surface area (Å²) in [5, 5.41) is 8.53. The first-order chi connectivity index (χ1) is 14.8. The number of carbonyl (C=O) groups excluding carboxylic acids is 1. The van der Waals surface area contributed by atoms with Crippen LogP contribution in [0.5, 0.6) is 0 Å². The number of halogens is 3. The number of benzene rings is 1. The Kier molecular flexibility index (Phi) is 6.34. The molecule has 1 unspecified atom stereocenters. The first-order valence-electron chi connectivity index (χ1n) is 9.37. The number of hydrogen-bond donors (Lipinski definition) is 1. The Labute approximate surface area is 198 Å². The molecule has 0 saturated carbocycles. The van der Waals surface area contributed by atoms with Crippen molar-refractivity contribution in [2.24, 2.45) is 0 Å². The van der Waals surface area contributed by atoms with Crippen LogP contribution in [-0.2, 0) is 0 Å². The minimum atomic E-state index is -0.302. The molecule has 0 radical (unpaired) electrons. The largest absolute Gasteiger partial charge is 0.343 e. The summed E-state index contributed by atoms with van der Waals surface area (Å²) in [6, 6.07) is 14.1. The highest BCUT2D eigenvalue weighted by molar-refractivity contribution is 7.19. The van der Waals surface area contributed by atoms with Gasteiger partial charge in [-0.15, -0.1) is 11.3 Å². The van der Waals surface area contributed by atoms with Crippen LogP contribution in [0.1, 0.15) is 34.7 Å². The minimum absolute atomic E-state index is 0.281. The fourth-order valence-electron chi connectivity index (χ4n) is 3.24. The van der Waals surface area contributed by atoms with Gasteiger partial charge in [0.15, 0.2) is 5.69 Å². The summed E-state index contributed by atoms with van der Waals surface area (Å²) in [4.78, 5) is 18.3. The van der Waals surface area contributed by atoms with Crippen LogP contribution in [0.15, 0.2) is 54.7 Å². The van der Waals surface area contributed by atoms with Gasteiger partial charge in [-0.1, -0.05) is 40.9 Å². The van der Waals surface area contributed by atoms with Crippen molar-refractivity contribution in [3.05, 3.63) is 86.1 Å². The monoisotopic (exact) mass is 490 g/mol. The molecular weight excluding hydrogens is 475 g/mol. The number of thiophene rings is 1. The van der Waals surface area contributed by atoms with Crippen molar-refractivity contribution in [1.82, 2.24) is 20.1 Å². The Morgan fingerprint density at radius 2 is 1.94 bits per heavy atom. The molecule has 0 spiro atoms. The molecule has 0 fully saturated rings. The lowest BCUT2D eigenvalue weighted by Gasteiger charge is -2.12. The molecule has 5 nitrogen and oxygen atoms in total. The van der Waals surface area contributed by atoms with E-state index >= 15 is 0 Å². The lowest BCUT2D eigenvalue weighted by molar-refractivity contribution is 0.0933. The van der Waals surface area contributed by atoms with Gasteiger partial charge in [-0.05, 0) is 56.3 Å². The first kappa shape index (κ1) is 21.8. The number of amides is 1. The third-order valence-corrected chi connectivity index (χ3v) is 6.54. The van der Waals surface area contributed by atoms with Crippen molar-refractivity contribution in [2.45, 2.75) is 19.9 Å². The van der Waals surface area contributed by atoms with E-state index in [1.54, 1.807) is 29.1 Å². The number of hydrogen-bond acceptors (Lipinski definition) is 4.